The van der Waals surface area contributed by atoms with Crippen LogP contribution in [0.4, 0.5) is 4.39 Å². The van der Waals surface area contributed by atoms with Gasteiger partial charge in [-0.3, -0.25) is 0 Å². The number of ether oxygens (including phenoxy) is 1. The van der Waals surface area contributed by atoms with Gasteiger partial charge in [0.15, 0.2) is 0 Å². The Kier molecular flexibility index (Phi) is 5.11. The molecule has 1 aliphatic rings. The molecule has 1 atom stereocenters. The van der Waals surface area contributed by atoms with Gasteiger partial charge in [0, 0.05) is 17.1 Å². The lowest BCUT2D eigenvalue weighted by Gasteiger charge is -2.47. The van der Waals surface area contributed by atoms with Crippen LogP contribution in [-0.4, -0.2) is 19.8 Å². The lowest BCUT2D eigenvalue weighted by Crippen LogP contribution is -2.48. The predicted octanol–water partition coefficient (Wildman–Crippen LogP) is 4.83. The summed E-state index contributed by atoms with van der Waals surface area (Å²) < 4.78 is 21.1. The Balaban J connectivity index is 2.36. The van der Waals surface area contributed by atoms with Crippen molar-refractivity contribution in [3.8, 4) is 0 Å². The van der Waals surface area contributed by atoms with Gasteiger partial charge in [-0.2, -0.15) is 0 Å². The molecule has 1 aromatic rings. The van der Waals surface area contributed by atoms with Gasteiger partial charge in [-0.25, -0.2) is 4.39 Å². The maximum absolute atomic E-state index is 14.3. The van der Waals surface area contributed by atoms with E-state index < -0.39 is 0 Å². The molecule has 0 radical (unpaired) electrons. The quantitative estimate of drug-likeness (QED) is 0.832. The third kappa shape index (κ3) is 3.49. The zero-order valence-electron chi connectivity index (χ0n) is 13.3. The van der Waals surface area contributed by atoms with Crippen molar-refractivity contribution in [3.63, 3.8) is 0 Å². The van der Waals surface area contributed by atoms with E-state index in [0.29, 0.717) is 11.0 Å². The minimum atomic E-state index is -0.341. The summed E-state index contributed by atoms with van der Waals surface area (Å²) in [6.45, 7) is 4.58. The van der Waals surface area contributed by atoms with Crippen molar-refractivity contribution < 1.29 is 9.13 Å². The standard InChI is InChI=1S/C17H25BrFNO/c1-16(2)7-9-17(21-4,10-8-16)15(20-3)13-11-12(18)5-6-14(13)19/h5-6,11,15,20H,7-10H2,1-4H3. The predicted molar refractivity (Wildman–Crippen MR) is 87.9 cm³/mol. The van der Waals surface area contributed by atoms with E-state index in [2.05, 4.69) is 35.1 Å². The summed E-state index contributed by atoms with van der Waals surface area (Å²) in [5, 5.41) is 3.29. The van der Waals surface area contributed by atoms with Crippen LogP contribution in [0.2, 0.25) is 0 Å². The molecule has 1 aromatic carbocycles. The minimum Gasteiger partial charge on any atom is -0.376 e. The molecule has 0 saturated heterocycles. The Bertz CT molecular complexity index is 494. The molecule has 0 aromatic heterocycles. The number of methoxy groups -OCH3 is 1. The highest BCUT2D eigenvalue weighted by molar-refractivity contribution is 9.10. The van der Waals surface area contributed by atoms with E-state index in [9.17, 15) is 4.39 Å². The molecular weight excluding hydrogens is 333 g/mol. The number of halogens is 2. The molecule has 4 heteroatoms. The van der Waals surface area contributed by atoms with Crippen LogP contribution in [0.25, 0.3) is 0 Å². The van der Waals surface area contributed by atoms with Gasteiger partial charge in [0.05, 0.1) is 11.6 Å². The molecule has 21 heavy (non-hydrogen) atoms. The average molecular weight is 358 g/mol. The van der Waals surface area contributed by atoms with Crippen molar-refractivity contribution in [2.45, 2.75) is 51.2 Å². The highest BCUT2D eigenvalue weighted by Crippen LogP contribution is 2.47. The monoisotopic (exact) mass is 357 g/mol. The number of hydrogen-bond donors (Lipinski definition) is 1. The van der Waals surface area contributed by atoms with Crippen LogP contribution in [0.1, 0.15) is 51.1 Å². The van der Waals surface area contributed by atoms with Crippen LogP contribution in [0.3, 0.4) is 0 Å². The zero-order valence-corrected chi connectivity index (χ0v) is 14.9. The van der Waals surface area contributed by atoms with Crippen LogP contribution in [0.15, 0.2) is 22.7 Å². The van der Waals surface area contributed by atoms with E-state index in [1.165, 1.54) is 6.07 Å². The third-order valence-corrected chi connectivity index (χ3v) is 5.43. The second-order valence-electron chi connectivity index (χ2n) is 6.82. The molecular formula is C17H25BrFNO. The topological polar surface area (TPSA) is 21.3 Å². The molecule has 1 aliphatic carbocycles. The Morgan fingerprint density at radius 3 is 2.38 bits per heavy atom. The summed E-state index contributed by atoms with van der Waals surface area (Å²) in [5.41, 5.74) is 0.676. The van der Waals surface area contributed by atoms with E-state index in [-0.39, 0.29) is 17.5 Å². The van der Waals surface area contributed by atoms with Crippen molar-refractivity contribution in [3.05, 3.63) is 34.1 Å². The first-order valence-corrected chi connectivity index (χ1v) is 8.30. The SMILES string of the molecule is CNC(c1cc(Br)ccc1F)C1(OC)CCC(C)(C)CC1. The summed E-state index contributed by atoms with van der Waals surface area (Å²) >= 11 is 3.44. The Hall–Kier alpha value is -0.450. The fourth-order valence-electron chi connectivity index (χ4n) is 3.40. The molecule has 1 saturated carbocycles. The first kappa shape index (κ1) is 16.9. The molecule has 0 heterocycles. The van der Waals surface area contributed by atoms with Crippen LogP contribution in [0, 0.1) is 11.2 Å². The maximum atomic E-state index is 14.3. The van der Waals surface area contributed by atoms with Crippen molar-refractivity contribution in [2.24, 2.45) is 5.41 Å². The van der Waals surface area contributed by atoms with Gasteiger partial charge in [0.25, 0.3) is 0 Å². The van der Waals surface area contributed by atoms with E-state index in [1.54, 1.807) is 13.2 Å². The fraction of sp³-hybridized carbons (Fsp3) is 0.647. The summed E-state index contributed by atoms with van der Waals surface area (Å²) in [6, 6.07) is 4.96. The zero-order chi connectivity index (χ0) is 15.7. The lowest BCUT2D eigenvalue weighted by atomic mass is 9.67. The molecule has 118 valence electrons. The highest BCUT2D eigenvalue weighted by atomic mass is 79.9. The fourth-order valence-corrected chi connectivity index (χ4v) is 3.78. The highest BCUT2D eigenvalue weighted by Gasteiger charge is 2.45. The third-order valence-electron chi connectivity index (χ3n) is 4.94. The van der Waals surface area contributed by atoms with E-state index in [4.69, 9.17) is 4.74 Å². The molecule has 0 spiro atoms. The second kappa shape index (κ2) is 6.35. The number of rotatable bonds is 4. The Labute approximate surface area is 135 Å². The van der Waals surface area contributed by atoms with E-state index >= 15 is 0 Å². The summed E-state index contributed by atoms with van der Waals surface area (Å²) in [4.78, 5) is 0. The number of nitrogens with one attached hydrogen (secondary N) is 1. The first-order valence-electron chi connectivity index (χ1n) is 7.51. The second-order valence-corrected chi connectivity index (χ2v) is 7.74. The largest absolute Gasteiger partial charge is 0.376 e. The Morgan fingerprint density at radius 1 is 1.24 bits per heavy atom. The normalized spacial score (nSPS) is 22.0. The van der Waals surface area contributed by atoms with Crippen LogP contribution < -0.4 is 5.32 Å². The van der Waals surface area contributed by atoms with Crippen molar-refractivity contribution >= 4 is 15.9 Å². The summed E-state index contributed by atoms with van der Waals surface area (Å²) in [5.74, 6) is -0.182. The smallest absolute Gasteiger partial charge is 0.128 e. The molecule has 0 aliphatic heterocycles. The van der Waals surface area contributed by atoms with Crippen molar-refractivity contribution in [2.75, 3.05) is 14.2 Å². The number of hydrogen-bond acceptors (Lipinski definition) is 2. The van der Waals surface area contributed by atoms with Gasteiger partial charge < -0.3 is 10.1 Å². The molecule has 2 rings (SSSR count). The maximum Gasteiger partial charge on any atom is 0.128 e. The van der Waals surface area contributed by atoms with Crippen LogP contribution in [-0.2, 0) is 4.74 Å². The summed E-state index contributed by atoms with van der Waals surface area (Å²) in [7, 11) is 3.63. The molecule has 1 N–H and O–H groups in total. The van der Waals surface area contributed by atoms with Gasteiger partial charge in [-0.1, -0.05) is 29.8 Å². The van der Waals surface area contributed by atoms with Gasteiger partial charge in [-0.05, 0) is 56.3 Å². The van der Waals surface area contributed by atoms with Crippen molar-refractivity contribution in [1.82, 2.24) is 5.32 Å². The number of benzene rings is 1. The molecule has 0 amide bonds. The van der Waals surface area contributed by atoms with Gasteiger partial charge >= 0.3 is 0 Å². The van der Waals surface area contributed by atoms with Crippen LogP contribution in [0.5, 0.6) is 0 Å². The molecule has 1 unspecified atom stereocenters. The van der Waals surface area contributed by atoms with Crippen molar-refractivity contribution in [1.29, 1.82) is 0 Å². The van der Waals surface area contributed by atoms with Gasteiger partial charge in [0.1, 0.15) is 5.82 Å². The Morgan fingerprint density at radius 2 is 1.86 bits per heavy atom. The van der Waals surface area contributed by atoms with Gasteiger partial charge in [0.2, 0.25) is 0 Å². The van der Waals surface area contributed by atoms with Gasteiger partial charge in [-0.15, -0.1) is 0 Å². The van der Waals surface area contributed by atoms with E-state index in [1.807, 2.05) is 13.1 Å². The minimum absolute atomic E-state index is 0.143. The first-order chi connectivity index (χ1) is 9.83. The average Bonchev–Trinajstić information content (AvgIpc) is 2.45. The van der Waals surface area contributed by atoms with E-state index in [0.717, 1.165) is 30.2 Å². The van der Waals surface area contributed by atoms with Crippen LogP contribution >= 0.6 is 15.9 Å². The lowest BCUT2D eigenvalue weighted by molar-refractivity contribution is -0.0868. The molecule has 2 nitrogen and oxygen atoms in total. The molecule has 1 fully saturated rings. The summed E-state index contributed by atoms with van der Waals surface area (Å²) in [6.07, 6.45) is 4.06. The molecule has 0 bridgehead atoms. The number of likely N-dealkylation sites (N-methyl/N-ethyl adjacent to an activating group) is 1.